The number of piperazine rings is 1. The Balaban J connectivity index is 1.39. The zero-order chi connectivity index (χ0) is 16.8. The molecular weight excluding hydrogens is 344 g/mol. The van der Waals surface area contributed by atoms with Crippen LogP contribution in [0.2, 0.25) is 5.02 Å². The molecule has 3 rings (SSSR count). The predicted octanol–water partition coefficient (Wildman–Crippen LogP) is 0.252. The molecule has 0 amide bonds. The Kier molecular flexibility index (Phi) is 6.54. The maximum absolute atomic E-state index is 6.29. The van der Waals surface area contributed by atoms with Gasteiger partial charge in [-0.05, 0) is 24.4 Å². The standard InChI is InChI=1S/C17H25ClN4OS/c18-15-3-1-2-4-16(15)21-7-9-22(10-8-21)17(24)19-5-6-20-11-13-23-14-12-20/h1-4H,5-14H2,(H,19,24)/p+1. The minimum atomic E-state index is 0.820. The van der Waals surface area contributed by atoms with Crippen LogP contribution in [0.1, 0.15) is 0 Å². The van der Waals surface area contributed by atoms with Crippen LogP contribution in [0.3, 0.4) is 0 Å². The lowest BCUT2D eigenvalue weighted by atomic mass is 10.2. The van der Waals surface area contributed by atoms with Gasteiger partial charge >= 0.3 is 0 Å². The molecule has 1 aromatic rings. The third kappa shape index (κ3) is 4.72. The summed E-state index contributed by atoms with van der Waals surface area (Å²) in [6.45, 7) is 9.74. The van der Waals surface area contributed by atoms with Crippen LogP contribution >= 0.6 is 23.8 Å². The normalized spacial score (nSPS) is 19.4. The highest BCUT2D eigenvalue weighted by molar-refractivity contribution is 7.80. The molecule has 2 aliphatic heterocycles. The second-order valence-corrected chi connectivity index (χ2v) is 7.06. The van der Waals surface area contributed by atoms with Crippen molar-refractivity contribution in [2.45, 2.75) is 0 Å². The van der Waals surface area contributed by atoms with Gasteiger partial charge < -0.3 is 24.8 Å². The van der Waals surface area contributed by atoms with Gasteiger partial charge in [-0.3, -0.25) is 0 Å². The number of rotatable bonds is 4. The van der Waals surface area contributed by atoms with Gasteiger partial charge in [-0.2, -0.15) is 0 Å². The fourth-order valence-electron chi connectivity index (χ4n) is 3.23. The van der Waals surface area contributed by atoms with E-state index >= 15 is 0 Å². The third-order valence-electron chi connectivity index (χ3n) is 4.71. The number of morpholine rings is 1. The first-order valence-corrected chi connectivity index (χ1v) is 9.46. The lowest BCUT2D eigenvalue weighted by Gasteiger charge is -2.37. The van der Waals surface area contributed by atoms with Gasteiger partial charge in [-0.25, -0.2) is 0 Å². The minimum absolute atomic E-state index is 0.820. The monoisotopic (exact) mass is 369 g/mol. The Morgan fingerprint density at radius 3 is 2.58 bits per heavy atom. The van der Waals surface area contributed by atoms with E-state index in [1.807, 2.05) is 18.2 Å². The molecule has 0 radical (unpaired) electrons. The van der Waals surface area contributed by atoms with Crippen LogP contribution in [0.15, 0.2) is 24.3 Å². The number of nitrogens with one attached hydrogen (secondary N) is 2. The Morgan fingerprint density at radius 1 is 1.17 bits per heavy atom. The van der Waals surface area contributed by atoms with E-state index < -0.39 is 0 Å². The maximum atomic E-state index is 6.29. The van der Waals surface area contributed by atoms with Crippen molar-refractivity contribution in [1.29, 1.82) is 0 Å². The van der Waals surface area contributed by atoms with Gasteiger partial charge in [0.15, 0.2) is 5.11 Å². The molecule has 0 unspecified atom stereocenters. The zero-order valence-corrected chi connectivity index (χ0v) is 15.5. The Bertz CT molecular complexity index is 545. The summed E-state index contributed by atoms with van der Waals surface area (Å²) in [7, 11) is 0. The van der Waals surface area contributed by atoms with Crippen LogP contribution in [0, 0.1) is 0 Å². The first-order chi connectivity index (χ1) is 11.7. The largest absolute Gasteiger partial charge is 0.370 e. The molecule has 0 atom stereocenters. The number of hydrogen-bond donors (Lipinski definition) is 2. The zero-order valence-electron chi connectivity index (χ0n) is 14.0. The first-order valence-electron chi connectivity index (χ1n) is 8.67. The number of benzene rings is 1. The van der Waals surface area contributed by atoms with Crippen LogP contribution in [-0.4, -0.2) is 75.6 Å². The smallest absolute Gasteiger partial charge is 0.169 e. The summed E-state index contributed by atoms with van der Waals surface area (Å²) in [6.07, 6.45) is 0. The molecule has 2 N–H and O–H groups in total. The molecule has 0 aromatic heterocycles. The van der Waals surface area contributed by atoms with Crippen molar-refractivity contribution in [3.05, 3.63) is 29.3 Å². The van der Waals surface area contributed by atoms with Gasteiger partial charge in [0.05, 0.1) is 37.0 Å². The Morgan fingerprint density at radius 2 is 1.88 bits per heavy atom. The molecule has 0 bridgehead atoms. The highest BCUT2D eigenvalue weighted by Gasteiger charge is 2.20. The van der Waals surface area contributed by atoms with Crippen LogP contribution in [-0.2, 0) is 4.74 Å². The van der Waals surface area contributed by atoms with Gasteiger partial charge in [0.25, 0.3) is 0 Å². The summed E-state index contributed by atoms with van der Waals surface area (Å²) >= 11 is 11.9. The number of halogens is 1. The fourth-order valence-corrected chi connectivity index (χ4v) is 3.77. The molecule has 0 spiro atoms. The molecule has 0 aliphatic carbocycles. The van der Waals surface area contributed by atoms with Crippen molar-refractivity contribution >= 4 is 34.6 Å². The van der Waals surface area contributed by atoms with Crippen LogP contribution < -0.4 is 15.1 Å². The van der Waals surface area contributed by atoms with Crippen LogP contribution in [0.5, 0.6) is 0 Å². The van der Waals surface area contributed by atoms with E-state index in [-0.39, 0.29) is 0 Å². The predicted molar refractivity (Wildman–Crippen MR) is 102 cm³/mol. The maximum Gasteiger partial charge on any atom is 0.169 e. The van der Waals surface area contributed by atoms with Crippen molar-refractivity contribution in [3.63, 3.8) is 0 Å². The van der Waals surface area contributed by atoms with Crippen molar-refractivity contribution in [2.24, 2.45) is 0 Å². The van der Waals surface area contributed by atoms with E-state index in [2.05, 4.69) is 21.2 Å². The topological polar surface area (TPSA) is 32.2 Å². The highest BCUT2D eigenvalue weighted by atomic mass is 35.5. The molecule has 2 aliphatic rings. The van der Waals surface area contributed by atoms with Crippen molar-refractivity contribution in [2.75, 3.05) is 70.5 Å². The molecule has 24 heavy (non-hydrogen) atoms. The number of thiocarbonyl (C=S) groups is 1. The van der Waals surface area contributed by atoms with E-state index in [1.165, 1.54) is 0 Å². The van der Waals surface area contributed by atoms with E-state index in [0.717, 1.165) is 81.4 Å². The molecule has 132 valence electrons. The molecule has 2 heterocycles. The van der Waals surface area contributed by atoms with Gasteiger partial charge in [0, 0.05) is 26.2 Å². The van der Waals surface area contributed by atoms with Crippen molar-refractivity contribution in [1.82, 2.24) is 10.2 Å². The summed E-state index contributed by atoms with van der Waals surface area (Å²) in [4.78, 5) is 6.19. The first kappa shape index (κ1) is 17.7. The number of anilines is 1. The second kappa shape index (κ2) is 8.85. The number of quaternary nitrogens is 1. The second-order valence-electron chi connectivity index (χ2n) is 6.27. The van der Waals surface area contributed by atoms with Crippen LogP contribution in [0.4, 0.5) is 5.69 Å². The van der Waals surface area contributed by atoms with E-state index in [9.17, 15) is 0 Å². The summed E-state index contributed by atoms with van der Waals surface area (Å²) in [5, 5.41) is 5.11. The average Bonchev–Trinajstić information content (AvgIpc) is 2.63. The molecule has 1 aromatic carbocycles. The van der Waals surface area contributed by atoms with Gasteiger partial charge in [0.2, 0.25) is 0 Å². The molecule has 7 heteroatoms. The molecular formula is C17H26ClN4OS+. The van der Waals surface area contributed by atoms with E-state index in [1.54, 1.807) is 4.90 Å². The molecule has 2 fully saturated rings. The van der Waals surface area contributed by atoms with Crippen molar-refractivity contribution in [3.8, 4) is 0 Å². The minimum Gasteiger partial charge on any atom is -0.370 e. The molecule has 5 nitrogen and oxygen atoms in total. The van der Waals surface area contributed by atoms with E-state index in [4.69, 9.17) is 28.6 Å². The molecule has 0 saturated carbocycles. The number of para-hydroxylation sites is 1. The van der Waals surface area contributed by atoms with Gasteiger partial charge in [-0.15, -0.1) is 0 Å². The average molecular weight is 370 g/mol. The highest BCUT2D eigenvalue weighted by Crippen LogP contribution is 2.25. The Labute approximate surface area is 154 Å². The lowest BCUT2D eigenvalue weighted by Crippen LogP contribution is -3.14. The van der Waals surface area contributed by atoms with Crippen molar-refractivity contribution < 1.29 is 9.64 Å². The van der Waals surface area contributed by atoms with Gasteiger partial charge in [-0.1, -0.05) is 23.7 Å². The summed E-state index contributed by atoms with van der Waals surface area (Å²) in [5.74, 6) is 0. The summed E-state index contributed by atoms with van der Waals surface area (Å²) in [5.41, 5.74) is 1.12. The number of ether oxygens (including phenoxy) is 1. The lowest BCUT2D eigenvalue weighted by molar-refractivity contribution is -0.906. The fraction of sp³-hybridized carbons (Fsp3) is 0.588. The number of nitrogens with zero attached hydrogens (tertiary/aromatic N) is 2. The number of hydrogen-bond acceptors (Lipinski definition) is 3. The SMILES string of the molecule is S=C(NCC[NH+]1CCOCC1)N1CCN(c2ccccc2Cl)CC1. The summed E-state index contributed by atoms with van der Waals surface area (Å²) < 4.78 is 5.39. The van der Waals surface area contributed by atoms with Gasteiger partial charge in [0.1, 0.15) is 13.1 Å². The van der Waals surface area contributed by atoms with Crippen LogP contribution in [0.25, 0.3) is 0 Å². The molecule has 2 saturated heterocycles. The van der Waals surface area contributed by atoms with E-state index in [0.29, 0.717) is 0 Å². The quantitative estimate of drug-likeness (QED) is 0.743. The third-order valence-corrected chi connectivity index (χ3v) is 5.44. The Hall–Kier alpha value is -1.08. The summed E-state index contributed by atoms with van der Waals surface area (Å²) in [6, 6.07) is 8.04.